The highest BCUT2D eigenvalue weighted by atomic mass is 16.5. The molecule has 0 spiro atoms. The molecular formula is C14H30N2O2. The molecule has 0 aromatic heterocycles. The summed E-state index contributed by atoms with van der Waals surface area (Å²) in [7, 11) is 0. The van der Waals surface area contributed by atoms with Gasteiger partial charge in [-0.1, -0.05) is 20.8 Å². The van der Waals surface area contributed by atoms with Crippen molar-refractivity contribution in [3.05, 3.63) is 0 Å². The fourth-order valence-electron chi connectivity index (χ4n) is 1.59. The molecule has 0 heterocycles. The Morgan fingerprint density at radius 1 is 1.39 bits per heavy atom. The van der Waals surface area contributed by atoms with Gasteiger partial charge in [0, 0.05) is 6.61 Å². The Kier molecular flexibility index (Phi) is 8.20. The molecule has 0 aromatic carbocycles. The molecule has 3 N–H and O–H groups in total. The first-order valence-electron chi connectivity index (χ1n) is 7.00. The molecule has 18 heavy (non-hydrogen) atoms. The van der Waals surface area contributed by atoms with Crippen LogP contribution < -0.4 is 11.1 Å². The molecule has 0 rings (SSSR count). The standard InChI is InChI=1S/C14H30N2O2/c1-6-9-16-14(5,13(15)17)8-7-10-18-12(4)11(2)3/h11-12,16H,6-10H2,1-5H3,(H2,15,17). The van der Waals surface area contributed by atoms with Gasteiger partial charge in [0.25, 0.3) is 0 Å². The van der Waals surface area contributed by atoms with Crippen molar-refractivity contribution < 1.29 is 9.53 Å². The Morgan fingerprint density at radius 3 is 2.44 bits per heavy atom. The summed E-state index contributed by atoms with van der Waals surface area (Å²) in [5.74, 6) is 0.235. The van der Waals surface area contributed by atoms with E-state index in [1.807, 2.05) is 6.92 Å². The normalized spacial score (nSPS) is 16.6. The molecule has 0 saturated carbocycles. The van der Waals surface area contributed by atoms with Gasteiger partial charge in [0.1, 0.15) is 0 Å². The van der Waals surface area contributed by atoms with Gasteiger partial charge in [-0.05, 0) is 45.6 Å². The third kappa shape index (κ3) is 6.36. The third-order valence-corrected chi connectivity index (χ3v) is 3.45. The van der Waals surface area contributed by atoms with Crippen LogP contribution in [0.5, 0.6) is 0 Å². The number of nitrogens with two attached hydrogens (primary N) is 1. The SMILES string of the molecule is CCCNC(C)(CCCOC(C)C(C)C)C(N)=O. The van der Waals surface area contributed by atoms with Crippen LogP contribution in [-0.2, 0) is 9.53 Å². The van der Waals surface area contributed by atoms with Gasteiger partial charge in [-0.15, -0.1) is 0 Å². The molecule has 0 aliphatic rings. The van der Waals surface area contributed by atoms with Crippen molar-refractivity contribution in [3.8, 4) is 0 Å². The molecule has 0 saturated heterocycles. The lowest BCUT2D eigenvalue weighted by molar-refractivity contribution is -0.124. The number of carbonyl (C=O) groups excluding carboxylic acids is 1. The lowest BCUT2D eigenvalue weighted by Gasteiger charge is -2.28. The lowest BCUT2D eigenvalue weighted by atomic mass is 9.95. The summed E-state index contributed by atoms with van der Waals surface area (Å²) in [6.07, 6.45) is 2.80. The van der Waals surface area contributed by atoms with E-state index in [4.69, 9.17) is 10.5 Å². The Morgan fingerprint density at radius 2 is 2.00 bits per heavy atom. The van der Waals surface area contributed by atoms with E-state index in [-0.39, 0.29) is 12.0 Å². The first-order chi connectivity index (χ1) is 8.33. The quantitative estimate of drug-likeness (QED) is 0.590. The molecule has 4 heteroatoms. The molecule has 4 nitrogen and oxygen atoms in total. The van der Waals surface area contributed by atoms with Crippen molar-refractivity contribution in [1.82, 2.24) is 5.32 Å². The highest BCUT2D eigenvalue weighted by Gasteiger charge is 2.29. The first kappa shape index (κ1) is 17.4. The fraction of sp³-hybridized carbons (Fsp3) is 0.929. The van der Waals surface area contributed by atoms with Crippen molar-refractivity contribution in [3.63, 3.8) is 0 Å². The minimum absolute atomic E-state index is 0.258. The summed E-state index contributed by atoms with van der Waals surface area (Å²) in [5, 5.41) is 3.23. The summed E-state index contributed by atoms with van der Waals surface area (Å²) < 4.78 is 5.70. The fourth-order valence-corrected chi connectivity index (χ4v) is 1.59. The van der Waals surface area contributed by atoms with E-state index >= 15 is 0 Å². The van der Waals surface area contributed by atoms with Gasteiger partial charge in [0.2, 0.25) is 5.91 Å². The molecule has 0 radical (unpaired) electrons. The maximum absolute atomic E-state index is 11.5. The summed E-state index contributed by atoms with van der Waals surface area (Å²) in [5.41, 5.74) is 4.85. The second-order valence-corrected chi connectivity index (χ2v) is 5.55. The summed E-state index contributed by atoms with van der Waals surface area (Å²) in [6.45, 7) is 11.8. The second-order valence-electron chi connectivity index (χ2n) is 5.55. The Balaban J connectivity index is 4.01. The van der Waals surface area contributed by atoms with Crippen molar-refractivity contribution in [1.29, 1.82) is 0 Å². The van der Waals surface area contributed by atoms with Crippen LogP contribution in [0.1, 0.15) is 53.9 Å². The smallest absolute Gasteiger partial charge is 0.237 e. The van der Waals surface area contributed by atoms with Crippen molar-refractivity contribution >= 4 is 5.91 Å². The van der Waals surface area contributed by atoms with E-state index in [1.165, 1.54) is 0 Å². The van der Waals surface area contributed by atoms with Gasteiger partial charge < -0.3 is 15.8 Å². The number of amides is 1. The second kappa shape index (κ2) is 8.48. The number of nitrogens with one attached hydrogen (secondary N) is 1. The molecule has 0 aromatic rings. The molecule has 108 valence electrons. The minimum Gasteiger partial charge on any atom is -0.378 e. The molecule has 2 unspecified atom stereocenters. The molecule has 0 fully saturated rings. The van der Waals surface area contributed by atoms with Gasteiger partial charge in [-0.2, -0.15) is 0 Å². The average Bonchev–Trinajstić information content (AvgIpc) is 2.31. The highest BCUT2D eigenvalue weighted by Crippen LogP contribution is 2.13. The Hall–Kier alpha value is -0.610. The van der Waals surface area contributed by atoms with E-state index in [2.05, 4.69) is 33.0 Å². The van der Waals surface area contributed by atoms with Gasteiger partial charge in [-0.25, -0.2) is 0 Å². The predicted molar refractivity (Wildman–Crippen MR) is 75.4 cm³/mol. The zero-order valence-electron chi connectivity index (χ0n) is 12.6. The number of ether oxygens (including phenoxy) is 1. The Labute approximate surface area is 112 Å². The van der Waals surface area contributed by atoms with Gasteiger partial charge in [-0.3, -0.25) is 4.79 Å². The molecule has 0 aliphatic carbocycles. The number of carbonyl (C=O) groups is 1. The predicted octanol–water partition coefficient (Wildman–Crippen LogP) is 2.07. The summed E-state index contributed by atoms with van der Waals surface area (Å²) >= 11 is 0. The van der Waals surface area contributed by atoms with E-state index in [9.17, 15) is 4.79 Å². The van der Waals surface area contributed by atoms with Crippen LogP contribution in [0.2, 0.25) is 0 Å². The van der Waals surface area contributed by atoms with Crippen LogP contribution in [0.4, 0.5) is 0 Å². The van der Waals surface area contributed by atoms with Crippen molar-refractivity contribution in [2.24, 2.45) is 11.7 Å². The third-order valence-electron chi connectivity index (χ3n) is 3.45. The summed E-state index contributed by atoms with van der Waals surface area (Å²) in [6, 6.07) is 0. The molecular weight excluding hydrogens is 228 g/mol. The molecule has 0 bridgehead atoms. The molecule has 0 aliphatic heterocycles. The van der Waals surface area contributed by atoms with Crippen LogP contribution in [0.25, 0.3) is 0 Å². The van der Waals surface area contributed by atoms with Crippen molar-refractivity contribution in [2.45, 2.75) is 65.5 Å². The molecule has 1 amide bonds. The largest absolute Gasteiger partial charge is 0.378 e. The maximum atomic E-state index is 11.5. The monoisotopic (exact) mass is 258 g/mol. The first-order valence-corrected chi connectivity index (χ1v) is 7.00. The minimum atomic E-state index is -0.611. The number of hydrogen-bond donors (Lipinski definition) is 2. The average molecular weight is 258 g/mol. The van der Waals surface area contributed by atoms with E-state index in [1.54, 1.807) is 0 Å². The molecule has 2 atom stereocenters. The lowest BCUT2D eigenvalue weighted by Crippen LogP contribution is -2.53. The van der Waals surface area contributed by atoms with Crippen LogP contribution in [0.3, 0.4) is 0 Å². The number of rotatable bonds is 10. The number of primary amides is 1. The van der Waals surface area contributed by atoms with Crippen LogP contribution in [-0.4, -0.2) is 30.7 Å². The van der Waals surface area contributed by atoms with Crippen LogP contribution in [0, 0.1) is 5.92 Å². The van der Waals surface area contributed by atoms with Crippen molar-refractivity contribution in [2.75, 3.05) is 13.2 Å². The Bertz CT molecular complexity index is 244. The maximum Gasteiger partial charge on any atom is 0.237 e. The van der Waals surface area contributed by atoms with Gasteiger partial charge >= 0.3 is 0 Å². The number of hydrogen-bond acceptors (Lipinski definition) is 3. The van der Waals surface area contributed by atoms with E-state index in [0.29, 0.717) is 18.9 Å². The van der Waals surface area contributed by atoms with Gasteiger partial charge in [0.05, 0.1) is 11.6 Å². The highest BCUT2D eigenvalue weighted by molar-refractivity contribution is 5.84. The van der Waals surface area contributed by atoms with E-state index in [0.717, 1.165) is 19.4 Å². The van der Waals surface area contributed by atoms with Crippen LogP contribution in [0.15, 0.2) is 0 Å². The van der Waals surface area contributed by atoms with Gasteiger partial charge in [0.15, 0.2) is 0 Å². The zero-order valence-corrected chi connectivity index (χ0v) is 12.6. The topological polar surface area (TPSA) is 64.3 Å². The zero-order chi connectivity index (χ0) is 14.2. The van der Waals surface area contributed by atoms with Crippen LogP contribution >= 0.6 is 0 Å². The van der Waals surface area contributed by atoms with E-state index < -0.39 is 5.54 Å². The summed E-state index contributed by atoms with van der Waals surface area (Å²) in [4.78, 5) is 11.5.